The minimum atomic E-state index is -0.445. The molecule has 0 atom stereocenters. The predicted octanol–water partition coefficient (Wildman–Crippen LogP) is 2.59. The number of hydrogen-bond donors (Lipinski definition) is 2. The van der Waals surface area contributed by atoms with Gasteiger partial charge in [0, 0.05) is 51.4 Å². The molecule has 1 aromatic rings. The Bertz CT molecular complexity index is 708. The minimum Gasteiger partial charge on any atom is -0.445 e. The molecule has 0 aromatic heterocycles. The van der Waals surface area contributed by atoms with Gasteiger partial charge in [-0.1, -0.05) is 30.3 Å². The van der Waals surface area contributed by atoms with Crippen molar-refractivity contribution >= 4 is 12.2 Å². The van der Waals surface area contributed by atoms with Crippen LogP contribution < -0.4 is 10.6 Å². The molecule has 0 unspecified atom stereocenters. The van der Waals surface area contributed by atoms with Gasteiger partial charge in [-0.2, -0.15) is 0 Å². The summed E-state index contributed by atoms with van der Waals surface area (Å²) in [4.78, 5) is 28.1. The first-order valence-electron chi connectivity index (χ1n) is 11.2. The van der Waals surface area contributed by atoms with E-state index in [4.69, 9.17) is 9.47 Å². The van der Waals surface area contributed by atoms with Crippen molar-refractivity contribution in [1.29, 1.82) is 0 Å². The van der Waals surface area contributed by atoms with Gasteiger partial charge in [0.05, 0.1) is 0 Å². The zero-order valence-electron chi connectivity index (χ0n) is 18.9. The van der Waals surface area contributed by atoms with Crippen LogP contribution in [0.2, 0.25) is 0 Å². The highest BCUT2D eigenvalue weighted by Crippen LogP contribution is 2.22. The van der Waals surface area contributed by atoms with Crippen LogP contribution in [0.5, 0.6) is 0 Å². The lowest BCUT2D eigenvalue weighted by molar-refractivity contribution is -0.0202. The summed E-state index contributed by atoms with van der Waals surface area (Å²) in [5, 5.41) is 6.30. The fourth-order valence-corrected chi connectivity index (χ4v) is 3.85. The summed E-state index contributed by atoms with van der Waals surface area (Å²) in [6, 6.07) is 10.5. The molecule has 3 rings (SSSR count). The predicted molar refractivity (Wildman–Crippen MR) is 119 cm³/mol. The highest BCUT2D eigenvalue weighted by Gasteiger charge is 2.38. The van der Waals surface area contributed by atoms with Crippen LogP contribution >= 0.6 is 0 Å². The number of carbonyl (C=O) groups excluding carboxylic acids is 2. The number of alkyl carbamates (subject to hydrolysis) is 1. The number of ether oxygens (including phenoxy) is 2. The Kier molecular flexibility index (Phi) is 8.15. The number of rotatable bonds is 7. The van der Waals surface area contributed by atoms with Crippen molar-refractivity contribution in [3.8, 4) is 0 Å². The monoisotopic (exact) mass is 432 g/mol. The lowest BCUT2D eigenvalue weighted by Gasteiger charge is -2.47. The standard InChI is InChI=1S/C23H36N4O4/c1-23(2,3)31-22(29)27-15-20(16-27)26-13-9-19(10-14-26)24-11-12-25-21(28)30-17-18-7-5-4-6-8-18/h4-8,19-20,24H,9-17H2,1-3H3,(H,25,28). The molecule has 8 heteroatoms. The van der Waals surface area contributed by atoms with E-state index in [9.17, 15) is 9.59 Å². The van der Waals surface area contributed by atoms with Crippen molar-refractivity contribution in [2.75, 3.05) is 39.3 Å². The fraction of sp³-hybridized carbons (Fsp3) is 0.652. The summed E-state index contributed by atoms with van der Waals surface area (Å²) in [7, 11) is 0. The normalized spacial score (nSPS) is 18.4. The topological polar surface area (TPSA) is 83.1 Å². The Hall–Kier alpha value is -2.32. The number of nitrogens with one attached hydrogen (secondary N) is 2. The van der Waals surface area contributed by atoms with Crippen LogP contribution in [0.4, 0.5) is 9.59 Å². The van der Waals surface area contributed by atoms with E-state index in [1.807, 2.05) is 51.1 Å². The van der Waals surface area contributed by atoms with E-state index >= 15 is 0 Å². The molecule has 2 heterocycles. The Labute approximate surface area is 185 Å². The van der Waals surface area contributed by atoms with Crippen LogP contribution in [-0.4, -0.2) is 78.9 Å². The first-order chi connectivity index (χ1) is 14.8. The maximum atomic E-state index is 12.1. The van der Waals surface area contributed by atoms with Gasteiger partial charge in [-0.15, -0.1) is 0 Å². The number of likely N-dealkylation sites (tertiary alicyclic amines) is 2. The molecular weight excluding hydrogens is 396 g/mol. The lowest BCUT2D eigenvalue weighted by atomic mass is 10.00. The SMILES string of the molecule is CC(C)(C)OC(=O)N1CC(N2CCC(NCCNC(=O)OCc3ccccc3)CC2)C1. The molecule has 0 radical (unpaired) electrons. The van der Waals surface area contributed by atoms with Gasteiger partial charge in [0.15, 0.2) is 0 Å². The van der Waals surface area contributed by atoms with Gasteiger partial charge in [-0.25, -0.2) is 9.59 Å². The summed E-state index contributed by atoms with van der Waals surface area (Å²) in [6.07, 6.45) is 1.54. The first-order valence-corrected chi connectivity index (χ1v) is 11.2. The van der Waals surface area contributed by atoms with E-state index in [-0.39, 0.29) is 18.8 Å². The van der Waals surface area contributed by atoms with Crippen LogP contribution in [0, 0.1) is 0 Å². The van der Waals surface area contributed by atoms with Crippen LogP contribution in [0.25, 0.3) is 0 Å². The molecule has 2 N–H and O–H groups in total. The first kappa shape index (κ1) is 23.3. The number of piperidine rings is 1. The Morgan fingerprint density at radius 2 is 1.74 bits per heavy atom. The number of benzene rings is 1. The molecule has 8 nitrogen and oxygen atoms in total. The summed E-state index contributed by atoms with van der Waals surface area (Å²) in [5.74, 6) is 0. The highest BCUT2D eigenvalue weighted by atomic mass is 16.6. The summed E-state index contributed by atoms with van der Waals surface area (Å²) >= 11 is 0. The largest absolute Gasteiger partial charge is 0.445 e. The maximum absolute atomic E-state index is 12.1. The van der Waals surface area contributed by atoms with Crippen molar-refractivity contribution in [3.05, 3.63) is 35.9 Å². The third-order valence-corrected chi connectivity index (χ3v) is 5.60. The van der Waals surface area contributed by atoms with E-state index in [0.717, 1.165) is 51.1 Å². The zero-order valence-corrected chi connectivity index (χ0v) is 18.9. The highest BCUT2D eigenvalue weighted by molar-refractivity contribution is 5.69. The molecule has 0 aliphatic carbocycles. The molecule has 2 saturated heterocycles. The van der Waals surface area contributed by atoms with E-state index < -0.39 is 5.60 Å². The third-order valence-electron chi connectivity index (χ3n) is 5.60. The molecule has 0 saturated carbocycles. The second-order valence-corrected chi connectivity index (χ2v) is 9.29. The molecular formula is C23H36N4O4. The van der Waals surface area contributed by atoms with E-state index in [1.54, 1.807) is 4.90 Å². The van der Waals surface area contributed by atoms with Gasteiger partial charge in [-0.05, 0) is 39.2 Å². The Balaban J connectivity index is 1.22. The molecule has 1 aromatic carbocycles. The smallest absolute Gasteiger partial charge is 0.410 e. The van der Waals surface area contributed by atoms with E-state index in [0.29, 0.717) is 18.6 Å². The maximum Gasteiger partial charge on any atom is 0.410 e. The number of amides is 2. The van der Waals surface area contributed by atoms with Gasteiger partial charge < -0.3 is 25.0 Å². The van der Waals surface area contributed by atoms with Gasteiger partial charge in [0.2, 0.25) is 0 Å². The van der Waals surface area contributed by atoms with Gasteiger partial charge in [0.1, 0.15) is 12.2 Å². The average molecular weight is 433 g/mol. The zero-order chi connectivity index (χ0) is 22.3. The van der Waals surface area contributed by atoms with Crippen molar-refractivity contribution in [3.63, 3.8) is 0 Å². The second-order valence-electron chi connectivity index (χ2n) is 9.29. The van der Waals surface area contributed by atoms with Crippen molar-refractivity contribution in [2.24, 2.45) is 0 Å². The second kappa shape index (κ2) is 10.8. The molecule has 31 heavy (non-hydrogen) atoms. The number of hydrogen-bond acceptors (Lipinski definition) is 6. The molecule has 2 fully saturated rings. The molecule has 0 bridgehead atoms. The molecule has 2 aliphatic heterocycles. The van der Waals surface area contributed by atoms with Crippen LogP contribution in [-0.2, 0) is 16.1 Å². The third kappa shape index (κ3) is 7.70. The number of nitrogens with zero attached hydrogens (tertiary/aromatic N) is 2. The minimum absolute atomic E-state index is 0.213. The van der Waals surface area contributed by atoms with Crippen LogP contribution in [0.1, 0.15) is 39.2 Å². The van der Waals surface area contributed by atoms with Gasteiger partial charge >= 0.3 is 12.2 Å². The Morgan fingerprint density at radius 1 is 1.06 bits per heavy atom. The van der Waals surface area contributed by atoms with Crippen LogP contribution in [0.3, 0.4) is 0 Å². The van der Waals surface area contributed by atoms with Crippen LogP contribution in [0.15, 0.2) is 30.3 Å². The van der Waals surface area contributed by atoms with Gasteiger partial charge in [0.25, 0.3) is 0 Å². The summed E-state index contributed by atoms with van der Waals surface area (Å²) < 4.78 is 10.6. The molecule has 2 amide bonds. The Morgan fingerprint density at radius 3 is 2.39 bits per heavy atom. The van der Waals surface area contributed by atoms with Crippen molar-refractivity contribution in [1.82, 2.24) is 20.4 Å². The fourth-order valence-electron chi connectivity index (χ4n) is 3.85. The average Bonchev–Trinajstić information content (AvgIpc) is 2.69. The van der Waals surface area contributed by atoms with Crippen molar-refractivity contribution in [2.45, 2.75) is 57.9 Å². The lowest BCUT2D eigenvalue weighted by Crippen LogP contribution is -2.63. The summed E-state index contributed by atoms with van der Waals surface area (Å²) in [6.45, 7) is 10.8. The molecule has 172 valence electrons. The summed E-state index contributed by atoms with van der Waals surface area (Å²) in [5.41, 5.74) is 0.530. The number of carbonyl (C=O) groups is 2. The van der Waals surface area contributed by atoms with Crippen molar-refractivity contribution < 1.29 is 19.1 Å². The van der Waals surface area contributed by atoms with E-state index in [2.05, 4.69) is 15.5 Å². The van der Waals surface area contributed by atoms with Gasteiger partial charge in [-0.3, -0.25) is 4.90 Å². The van der Waals surface area contributed by atoms with E-state index in [1.165, 1.54) is 0 Å². The quantitative estimate of drug-likeness (QED) is 0.645. The molecule has 2 aliphatic rings. The molecule has 0 spiro atoms.